The highest BCUT2D eigenvalue weighted by Crippen LogP contribution is 2.39. The third kappa shape index (κ3) is 8.04. The first-order chi connectivity index (χ1) is 19.3. The molecule has 2 saturated heterocycles. The van der Waals surface area contributed by atoms with Crippen molar-refractivity contribution in [2.45, 2.75) is 102 Å². The Kier molecular flexibility index (Phi) is 11.0. The number of oxazole rings is 1. The lowest BCUT2D eigenvalue weighted by Gasteiger charge is -2.25. The number of aliphatic hydroxyl groups excluding tert-OH is 1. The number of carbonyl (C=O) groups is 1. The van der Waals surface area contributed by atoms with Crippen LogP contribution in [-0.2, 0) is 30.3 Å². The Bertz CT molecular complexity index is 1050. The van der Waals surface area contributed by atoms with Crippen LogP contribution in [0.1, 0.15) is 76.8 Å². The Morgan fingerprint density at radius 2 is 1.90 bits per heavy atom. The van der Waals surface area contributed by atoms with Crippen LogP contribution in [-0.4, -0.2) is 73.1 Å². The molecule has 2 aliphatic rings. The zero-order valence-corrected chi connectivity index (χ0v) is 24.2. The zero-order valence-electron chi connectivity index (χ0n) is 24.2. The van der Waals surface area contributed by atoms with E-state index in [9.17, 15) is 9.90 Å². The van der Waals surface area contributed by atoms with Crippen LogP contribution in [0.25, 0.3) is 0 Å². The molecule has 2 N–H and O–H groups in total. The molecule has 2 aliphatic heterocycles. The summed E-state index contributed by atoms with van der Waals surface area (Å²) in [5.41, 5.74) is 1.05. The number of nitrogens with one attached hydrogen (secondary N) is 1. The highest BCUT2D eigenvalue weighted by Gasteiger charge is 2.54. The Morgan fingerprint density at radius 3 is 2.60 bits per heavy atom. The third-order valence-electron chi connectivity index (χ3n) is 7.46. The van der Waals surface area contributed by atoms with Gasteiger partial charge in [0.05, 0.1) is 31.6 Å². The molecule has 2 fully saturated rings. The molecule has 0 radical (unpaired) electrons. The van der Waals surface area contributed by atoms with E-state index in [-0.39, 0.29) is 49.6 Å². The Balaban J connectivity index is 1.48. The van der Waals surface area contributed by atoms with Crippen molar-refractivity contribution in [2.24, 2.45) is 0 Å². The summed E-state index contributed by atoms with van der Waals surface area (Å²) in [7, 11) is 1.38. The normalized spacial score (nSPS) is 24.1. The summed E-state index contributed by atoms with van der Waals surface area (Å²) in [6.07, 6.45) is 6.62. The van der Waals surface area contributed by atoms with E-state index in [0.717, 1.165) is 31.2 Å². The van der Waals surface area contributed by atoms with Crippen LogP contribution < -0.4 is 10.2 Å². The zero-order chi connectivity index (χ0) is 28.5. The predicted octanol–water partition coefficient (Wildman–Crippen LogP) is 4.13. The second-order valence-electron chi connectivity index (χ2n) is 11.1. The van der Waals surface area contributed by atoms with E-state index in [1.807, 2.05) is 49.1 Å². The van der Waals surface area contributed by atoms with Crippen molar-refractivity contribution >= 4 is 11.9 Å². The molecule has 5 atom stereocenters. The number of aromatic nitrogens is 1. The predicted molar refractivity (Wildman–Crippen MR) is 150 cm³/mol. The molecule has 0 bridgehead atoms. The number of hydrogen-bond donors (Lipinski definition) is 2. The van der Waals surface area contributed by atoms with Gasteiger partial charge in [-0.1, -0.05) is 62.9 Å². The average Bonchev–Trinajstić information content (AvgIpc) is 3.63. The Labute approximate surface area is 237 Å². The first kappa shape index (κ1) is 30.5. The minimum Gasteiger partial charge on any atom is -0.468 e. The van der Waals surface area contributed by atoms with Crippen LogP contribution in [0.4, 0.5) is 5.88 Å². The number of nitrogens with zero attached hydrogens (tertiary/aromatic N) is 2. The van der Waals surface area contributed by atoms with Crippen LogP contribution >= 0.6 is 0 Å². The van der Waals surface area contributed by atoms with E-state index in [1.165, 1.54) is 13.5 Å². The van der Waals surface area contributed by atoms with Crippen LogP contribution in [0.15, 0.2) is 40.9 Å². The lowest BCUT2D eigenvalue weighted by molar-refractivity contribution is -0.187. The van der Waals surface area contributed by atoms with E-state index in [2.05, 4.69) is 17.2 Å². The van der Waals surface area contributed by atoms with Crippen molar-refractivity contribution in [3.8, 4) is 0 Å². The Morgan fingerprint density at radius 1 is 1.15 bits per heavy atom. The van der Waals surface area contributed by atoms with Crippen molar-refractivity contribution in [3.05, 3.63) is 48.0 Å². The molecule has 222 valence electrons. The second-order valence-corrected chi connectivity index (χ2v) is 11.1. The van der Waals surface area contributed by atoms with Crippen LogP contribution in [0.5, 0.6) is 0 Å². The molecular weight excluding hydrogens is 514 g/mol. The van der Waals surface area contributed by atoms with E-state index in [1.54, 1.807) is 6.20 Å². The summed E-state index contributed by atoms with van der Waals surface area (Å²) in [5.74, 6) is 0.0401. The maximum atomic E-state index is 12.2. The highest BCUT2D eigenvalue weighted by atomic mass is 16.8. The monoisotopic (exact) mass is 559 g/mol. The van der Waals surface area contributed by atoms with Gasteiger partial charge in [0.25, 0.3) is 0 Å². The maximum absolute atomic E-state index is 12.2. The van der Waals surface area contributed by atoms with Crippen molar-refractivity contribution in [2.75, 3.05) is 31.7 Å². The summed E-state index contributed by atoms with van der Waals surface area (Å²) >= 11 is 0. The molecule has 1 unspecified atom stereocenters. The van der Waals surface area contributed by atoms with Gasteiger partial charge < -0.3 is 38.7 Å². The van der Waals surface area contributed by atoms with Gasteiger partial charge in [0.15, 0.2) is 5.79 Å². The number of methoxy groups -OCH3 is 1. The van der Waals surface area contributed by atoms with Gasteiger partial charge in [0, 0.05) is 19.7 Å². The summed E-state index contributed by atoms with van der Waals surface area (Å²) in [4.78, 5) is 18.7. The first-order valence-electron chi connectivity index (χ1n) is 14.5. The fourth-order valence-electron chi connectivity index (χ4n) is 5.46. The SMILES string of the molecule is CCCCCCC(NC[C@H]1O[C@@H](CCO)[C@@H]2OC(C)(C)O[C@@H]21)c1ncc(N(CC(=O)OC)Cc2ccccc2)o1. The quantitative estimate of drug-likeness (QED) is 0.230. The molecule has 0 spiro atoms. The largest absolute Gasteiger partial charge is 0.468 e. The molecule has 0 saturated carbocycles. The standard InChI is InChI=1S/C30H45N3O7/c1-5-6-7-11-14-22(31-17-24-28-27(23(37-24)15-16-34)39-30(2,3)40-28)29-32-18-25(38-29)33(20-26(35)36-4)19-21-12-9-8-10-13-21/h8-10,12-13,18,22-24,27-28,31,34H,5-7,11,14-17,19-20H2,1-4H3/t22?,23-,24+,27-,28+/m0/s1. The van der Waals surface area contributed by atoms with Crippen molar-refractivity contribution < 1.29 is 33.3 Å². The molecule has 1 aromatic carbocycles. The van der Waals surface area contributed by atoms with Crippen LogP contribution in [0, 0.1) is 0 Å². The fourth-order valence-corrected chi connectivity index (χ4v) is 5.46. The van der Waals surface area contributed by atoms with Gasteiger partial charge >= 0.3 is 5.97 Å². The fraction of sp³-hybridized carbons (Fsp3) is 0.667. The number of anilines is 1. The van der Waals surface area contributed by atoms with Gasteiger partial charge in [-0.05, 0) is 32.3 Å². The van der Waals surface area contributed by atoms with Gasteiger partial charge in [0.1, 0.15) is 18.8 Å². The van der Waals surface area contributed by atoms with Crippen molar-refractivity contribution in [1.29, 1.82) is 0 Å². The average molecular weight is 560 g/mol. The molecule has 2 aromatic rings. The second kappa shape index (κ2) is 14.4. The molecule has 10 heteroatoms. The molecule has 40 heavy (non-hydrogen) atoms. The lowest BCUT2D eigenvalue weighted by atomic mass is 10.0. The number of aliphatic hydroxyl groups is 1. The number of unbranched alkanes of at least 4 members (excludes halogenated alkanes) is 3. The Hall–Kier alpha value is -2.50. The van der Waals surface area contributed by atoms with E-state index >= 15 is 0 Å². The van der Waals surface area contributed by atoms with Gasteiger partial charge in [-0.3, -0.25) is 4.79 Å². The number of benzene rings is 1. The van der Waals surface area contributed by atoms with E-state index < -0.39 is 5.79 Å². The number of fused-ring (bicyclic) bond motifs is 1. The number of ether oxygens (including phenoxy) is 4. The molecular formula is C30H45N3O7. The molecule has 4 rings (SSSR count). The lowest BCUT2D eigenvalue weighted by Crippen LogP contribution is -2.39. The van der Waals surface area contributed by atoms with Gasteiger partial charge in [-0.15, -0.1) is 0 Å². The maximum Gasteiger partial charge on any atom is 0.325 e. The topological polar surface area (TPSA) is 116 Å². The smallest absolute Gasteiger partial charge is 0.325 e. The number of esters is 1. The minimum atomic E-state index is -0.691. The molecule has 3 heterocycles. The summed E-state index contributed by atoms with van der Waals surface area (Å²) in [6.45, 7) is 7.10. The van der Waals surface area contributed by atoms with E-state index in [4.69, 9.17) is 23.4 Å². The van der Waals surface area contributed by atoms with Crippen LogP contribution in [0.3, 0.4) is 0 Å². The van der Waals surface area contributed by atoms with Crippen molar-refractivity contribution in [1.82, 2.24) is 10.3 Å². The summed E-state index contributed by atoms with van der Waals surface area (Å²) in [6, 6.07) is 9.77. The highest BCUT2D eigenvalue weighted by molar-refractivity contribution is 5.74. The molecule has 1 aromatic heterocycles. The number of rotatable bonds is 16. The third-order valence-corrected chi connectivity index (χ3v) is 7.46. The molecule has 0 amide bonds. The van der Waals surface area contributed by atoms with Gasteiger partial charge in [-0.2, -0.15) is 0 Å². The van der Waals surface area contributed by atoms with E-state index in [0.29, 0.717) is 31.3 Å². The first-order valence-corrected chi connectivity index (χ1v) is 14.5. The van der Waals surface area contributed by atoms with Gasteiger partial charge in [-0.25, -0.2) is 4.98 Å². The summed E-state index contributed by atoms with van der Waals surface area (Å²) in [5, 5.41) is 13.2. The number of carbonyl (C=O) groups excluding carboxylic acids is 1. The molecule has 0 aliphatic carbocycles. The number of hydrogen-bond acceptors (Lipinski definition) is 10. The molecule has 10 nitrogen and oxygen atoms in total. The van der Waals surface area contributed by atoms with Gasteiger partial charge in [0.2, 0.25) is 11.8 Å². The van der Waals surface area contributed by atoms with Crippen LogP contribution in [0.2, 0.25) is 0 Å². The minimum absolute atomic E-state index is 0.0298. The van der Waals surface area contributed by atoms with Crippen molar-refractivity contribution in [3.63, 3.8) is 0 Å². The summed E-state index contributed by atoms with van der Waals surface area (Å²) < 4.78 is 29.8.